The van der Waals surface area contributed by atoms with Gasteiger partial charge in [0.1, 0.15) is 5.75 Å². The molecule has 3 rings (SSSR count). The normalized spacial score (nSPS) is 19.5. The summed E-state index contributed by atoms with van der Waals surface area (Å²) in [5, 5.41) is 6.62. The second kappa shape index (κ2) is 12.1. The monoisotopic (exact) mass is 556 g/mol. The first-order chi connectivity index (χ1) is 14.4. The molecule has 2 fully saturated rings. The number of hydrogen-bond acceptors (Lipinski definition) is 4. The predicted molar refractivity (Wildman–Crippen MR) is 125 cm³/mol. The SMILES string of the molecule is CCNC(=NCc1ccccc1OC(F)(F)F)NCC1(N2CCCC2)CCOCC1.I. The highest BCUT2D eigenvalue weighted by Crippen LogP contribution is 2.31. The van der Waals surface area contributed by atoms with Gasteiger partial charge in [0.25, 0.3) is 0 Å². The summed E-state index contributed by atoms with van der Waals surface area (Å²) >= 11 is 0. The van der Waals surface area contributed by atoms with Gasteiger partial charge in [0.05, 0.1) is 6.54 Å². The molecule has 2 heterocycles. The fraction of sp³-hybridized carbons (Fsp3) is 0.667. The summed E-state index contributed by atoms with van der Waals surface area (Å²) in [6, 6.07) is 6.10. The Kier molecular flexibility index (Phi) is 10.1. The highest BCUT2D eigenvalue weighted by molar-refractivity contribution is 14.0. The lowest BCUT2D eigenvalue weighted by Gasteiger charge is -2.45. The van der Waals surface area contributed by atoms with Crippen molar-refractivity contribution >= 4 is 29.9 Å². The van der Waals surface area contributed by atoms with Crippen LogP contribution in [0.5, 0.6) is 5.75 Å². The number of aliphatic imine (C=N–C) groups is 1. The first-order valence-electron chi connectivity index (χ1n) is 10.6. The Hall–Kier alpha value is -1.27. The number of halogens is 4. The topological polar surface area (TPSA) is 58.1 Å². The largest absolute Gasteiger partial charge is 0.573 e. The fourth-order valence-electron chi connectivity index (χ4n) is 4.16. The Bertz CT molecular complexity index is 706. The molecule has 176 valence electrons. The Labute approximate surface area is 199 Å². The van der Waals surface area contributed by atoms with E-state index < -0.39 is 6.36 Å². The molecule has 0 amide bonds. The van der Waals surface area contributed by atoms with E-state index in [1.165, 1.54) is 25.0 Å². The zero-order chi connectivity index (χ0) is 21.5. The number of likely N-dealkylation sites (tertiary alicyclic amines) is 1. The fourth-order valence-corrected chi connectivity index (χ4v) is 4.16. The molecule has 2 N–H and O–H groups in total. The number of rotatable bonds is 7. The number of hydrogen-bond donors (Lipinski definition) is 2. The molecule has 0 atom stereocenters. The lowest BCUT2D eigenvalue weighted by atomic mass is 9.88. The van der Waals surface area contributed by atoms with Gasteiger partial charge >= 0.3 is 6.36 Å². The van der Waals surface area contributed by atoms with E-state index in [0.29, 0.717) is 18.1 Å². The quantitative estimate of drug-likeness (QED) is 0.303. The Morgan fingerprint density at radius 1 is 1.16 bits per heavy atom. The molecule has 0 aliphatic carbocycles. The van der Waals surface area contributed by atoms with Gasteiger partial charge in [-0.15, -0.1) is 37.1 Å². The van der Waals surface area contributed by atoms with Crippen molar-refractivity contribution in [3.05, 3.63) is 29.8 Å². The summed E-state index contributed by atoms with van der Waals surface area (Å²) in [6.45, 7) is 7.11. The van der Waals surface area contributed by atoms with Crippen molar-refractivity contribution in [2.24, 2.45) is 4.99 Å². The van der Waals surface area contributed by atoms with E-state index in [1.807, 2.05) is 6.92 Å². The Morgan fingerprint density at radius 2 is 1.84 bits per heavy atom. The molecular formula is C21H32F3IN4O2. The number of nitrogens with zero attached hydrogens (tertiary/aromatic N) is 2. The van der Waals surface area contributed by atoms with Gasteiger partial charge in [0, 0.05) is 37.4 Å². The van der Waals surface area contributed by atoms with E-state index in [-0.39, 0.29) is 41.8 Å². The molecule has 0 aromatic heterocycles. The van der Waals surface area contributed by atoms with Gasteiger partial charge in [-0.1, -0.05) is 18.2 Å². The standard InChI is InChI=1S/C21H31F3N4O2.HI/c1-2-25-19(26-15-17-7-3-4-8-18(17)30-21(22,23)24)27-16-20(9-13-29-14-10-20)28-11-5-6-12-28;/h3-4,7-8H,2,5-6,9-16H2,1H3,(H2,25,26,27);1H. The molecule has 0 radical (unpaired) electrons. The Morgan fingerprint density at radius 3 is 2.48 bits per heavy atom. The van der Waals surface area contributed by atoms with Crippen LogP contribution in [-0.4, -0.2) is 62.2 Å². The number of alkyl halides is 3. The zero-order valence-electron chi connectivity index (χ0n) is 17.8. The molecule has 0 spiro atoms. The van der Waals surface area contributed by atoms with Gasteiger partial charge in [-0.3, -0.25) is 4.90 Å². The molecule has 2 aliphatic heterocycles. The van der Waals surface area contributed by atoms with Crippen LogP contribution in [0.2, 0.25) is 0 Å². The maximum Gasteiger partial charge on any atom is 0.573 e. The first kappa shape index (κ1) is 26.0. The van der Waals surface area contributed by atoms with Crippen LogP contribution in [0, 0.1) is 0 Å². The number of nitrogens with one attached hydrogen (secondary N) is 2. The smallest absolute Gasteiger partial charge is 0.405 e. The third kappa shape index (κ3) is 7.67. The van der Waals surface area contributed by atoms with Crippen molar-refractivity contribution in [3.63, 3.8) is 0 Å². The van der Waals surface area contributed by atoms with E-state index in [9.17, 15) is 13.2 Å². The lowest BCUT2D eigenvalue weighted by Crippen LogP contribution is -2.58. The molecule has 0 saturated carbocycles. The summed E-state index contributed by atoms with van der Waals surface area (Å²) < 4.78 is 47.7. The van der Waals surface area contributed by atoms with E-state index in [0.717, 1.165) is 45.7 Å². The zero-order valence-corrected chi connectivity index (χ0v) is 20.2. The third-order valence-corrected chi connectivity index (χ3v) is 5.74. The minimum Gasteiger partial charge on any atom is -0.405 e. The molecule has 0 bridgehead atoms. The summed E-state index contributed by atoms with van der Waals surface area (Å²) in [4.78, 5) is 7.07. The number of guanidine groups is 1. The second-order valence-electron chi connectivity index (χ2n) is 7.74. The van der Waals surface area contributed by atoms with Crippen molar-refractivity contribution in [2.45, 2.75) is 51.1 Å². The first-order valence-corrected chi connectivity index (χ1v) is 10.6. The van der Waals surface area contributed by atoms with Crippen LogP contribution in [0.3, 0.4) is 0 Å². The van der Waals surface area contributed by atoms with Crippen molar-refractivity contribution in [3.8, 4) is 5.75 Å². The van der Waals surface area contributed by atoms with Gasteiger partial charge in [0.15, 0.2) is 5.96 Å². The van der Waals surface area contributed by atoms with Crippen molar-refractivity contribution in [1.29, 1.82) is 0 Å². The molecular weight excluding hydrogens is 524 g/mol. The number of para-hydroxylation sites is 1. The van der Waals surface area contributed by atoms with Crippen LogP contribution in [0.4, 0.5) is 13.2 Å². The van der Waals surface area contributed by atoms with Crippen molar-refractivity contribution in [2.75, 3.05) is 39.4 Å². The average molecular weight is 556 g/mol. The van der Waals surface area contributed by atoms with Crippen LogP contribution in [-0.2, 0) is 11.3 Å². The molecule has 0 unspecified atom stereocenters. The number of ether oxygens (including phenoxy) is 2. The number of benzene rings is 1. The van der Waals surface area contributed by atoms with E-state index >= 15 is 0 Å². The molecule has 1 aromatic rings. The van der Waals surface area contributed by atoms with Crippen LogP contribution in [0.15, 0.2) is 29.3 Å². The highest BCUT2D eigenvalue weighted by atomic mass is 127. The maximum atomic E-state index is 12.7. The maximum absolute atomic E-state index is 12.7. The molecule has 2 saturated heterocycles. The summed E-state index contributed by atoms with van der Waals surface area (Å²) in [7, 11) is 0. The lowest BCUT2D eigenvalue weighted by molar-refractivity contribution is -0.274. The van der Waals surface area contributed by atoms with Gasteiger partial charge in [-0.25, -0.2) is 4.99 Å². The average Bonchev–Trinajstić information content (AvgIpc) is 3.26. The van der Waals surface area contributed by atoms with Gasteiger partial charge in [-0.2, -0.15) is 0 Å². The van der Waals surface area contributed by atoms with E-state index in [1.54, 1.807) is 12.1 Å². The molecule has 2 aliphatic rings. The predicted octanol–water partition coefficient (Wildman–Crippen LogP) is 3.90. The summed E-state index contributed by atoms with van der Waals surface area (Å²) in [5.41, 5.74) is 0.412. The summed E-state index contributed by atoms with van der Waals surface area (Å²) in [6.07, 6.45) is -0.378. The molecule has 1 aromatic carbocycles. The minimum atomic E-state index is -4.73. The van der Waals surface area contributed by atoms with Crippen LogP contribution in [0.25, 0.3) is 0 Å². The van der Waals surface area contributed by atoms with Crippen molar-refractivity contribution < 1.29 is 22.6 Å². The molecule has 6 nitrogen and oxygen atoms in total. The van der Waals surface area contributed by atoms with Gasteiger partial charge in [-0.05, 0) is 51.8 Å². The highest BCUT2D eigenvalue weighted by Gasteiger charge is 2.39. The van der Waals surface area contributed by atoms with Crippen LogP contribution < -0.4 is 15.4 Å². The van der Waals surface area contributed by atoms with Crippen LogP contribution in [0.1, 0.15) is 38.2 Å². The van der Waals surface area contributed by atoms with E-state index in [2.05, 4.69) is 25.3 Å². The second-order valence-corrected chi connectivity index (χ2v) is 7.74. The Balaban J connectivity index is 0.00000341. The van der Waals surface area contributed by atoms with E-state index in [4.69, 9.17) is 4.74 Å². The molecule has 10 heteroatoms. The van der Waals surface area contributed by atoms with Gasteiger partial charge < -0.3 is 20.1 Å². The minimum absolute atomic E-state index is 0. The van der Waals surface area contributed by atoms with Crippen LogP contribution >= 0.6 is 24.0 Å². The third-order valence-electron chi connectivity index (χ3n) is 5.74. The summed E-state index contributed by atoms with van der Waals surface area (Å²) in [5.74, 6) is 0.368. The van der Waals surface area contributed by atoms with Gasteiger partial charge in [0.2, 0.25) is 0 Å². The molecule has 31 heavy (non-hydrogen) atoms. The van der Waals surface area contributed by atoms with Crippen molar-refractivity contribution in [1.82, 2.24) is 15.5 Å².